The van der Waals surface area contributed by atoms with Crippen LogP contribution < -0.4 is 14.7 Å². The van der Waals surface area contributed by atoms with E-state index < -0.39 is 0 Å². The maximum absolute atomic E-state index is 4.42. The number of rotatable bonds is 4. The molecule has 0 aliphatic carbocycles. The Kier molecular flexibility index (Phi) is 4.35. The van der Waals surface area contributed by atoms with Crippen molar-refractivity contribution in [3.63, 3.8) is 0 Å². The number of hydrogen-bond acceptors (Lipinski definition) is 8. The largest absolute Gasteiger partial charge is 0.363 e. The maximum atomic E-state index is 4.42. The van der Waals surface area contributed by atoms with Gasteiger partial charge in [0.2, 0.25) is 5.95 Å². The third-order valence-electron chi connectivity index (χ3n) is 4.95. The monoisotopic (exact) mass is 340 g/mol. The summed E-state index contributed by atoms with van der Waals surface area (Å²) in [7, 11) is 4.00. The van der Waals surface area contributed by atoms with Gasteiger partial charge in [-0.05, 0) is 6.07 Å². The molecule has 0 amide bonds. The first-order valence-corrected chi connectivity index (χ1v) is 8.71. The standard InChI is InChI=1S/C17H24N8/c1-22(2)15-10-16(21-13-20-15)25-11-14(12-25)23-6-8-24(9-7-23)17-18-4-3-5-19-17/h3-5,10,13-14H,6-9,11-12H2,1-2H3. The van der Waals surface area contributed by atoms with Crippen LogP contribution in [0.15, 0.2) is 30.9 Å². The Hall–Kier alpha value is -2.48. The molecule has 25 heavy (non-hydrogen) atoms. The maximum Gasteiger partial charge on any atom is 0.225 e. The molecular formula is C17H24N8. The van der Waals surface area contributed by atoms with E-state index in [2.05, 4.69) is 40.7 Å². The molecule has 0 spiro atoms. The van der Waals surface area contributed by atoms with Gasteiger partial charge in [0.1, 0.15) is 18.0 Å². The zero-order valence-corrected chi connectivity index (χ0v) is 14.8. The predicted molar refractivity (Wildman–Crippen MR) is 98.2 cm³/mol. The molecule has 0 saturated carbocycles. The minimum atomic E-state index is 0.608. The molecule has 0 aromatic carbocycles. The van der Waals surface area contributed by atoms with E-state index in [-0.39, 0.29) is 0 Å². The third-order valence-corrected chi connectivity index (χ3v) is 4.95. The second-order valence-corrected chi connectivity index (χ2v) is 6.76. The second-order valence-electron chi connectivity index (χ2n) is 6.76. The molecule has 4 heterocycles. The second kappa shape index (κ2) is 6.79. The minimum Gasteiger partial charge on any atom is -0.363 e. The van der Waals surface area contributed by atoms with Crippen LogP contribution in [-0.4, -0.2) is 84.2 Å². The minimum absolute atomic E-state index is 0.608. The molecule has 0 N–H and O–H groups in total. The molecule has 0 atom stereocenters. The highest BCUT2D eigenvalue weighted by Gasteiger charge is 2.34. The van der Waals surface area contributed by atoms with Gasteiger partial charge in [-0.1, -0.05) is 0 Å². The van der Waals surface area contributed by atoms with Crippen molar-refractivity contribution in [1.29, 1.82) is 0 Å². The molecule has 2 aromatic rings. The van der Waals surface area contributed by atoms with E-state index in [1.54, 1.807) is 6.33 Å². The molecule has 0 radical (unpaired) electrons. The molecule has 2 aromatic heterocycles. The molecule has 2 fully saturated rings. The van der Waals surface area contributed by atoms with E-state index in [0.717, 1.165) is 56.9 Å². The van der Waals surface area contributed by atoms with Crippen LogP contribution in [-0.2, 0) is 0 Å². The smallest absolute Gasteiger partial charge is 0.225 e. The number of aromatic nitrogens is 4. The van der Waals surface area contributed by atoms with Crippen LogP contribution in [0.2, 0.25) is 0 Å². The number of piperazine rings is 1. The summed E-state index contributed by atoms with van der Waals surface area (Å²) in [6, 6.07) is 4.52. The summed E-state index contributed by atoms with van der Waals surface area (Å²) < 4.78 is 0. The van der Waals surface area contributed by atoms with Gasteiger partial charge in [0, 0.05) is 77.9 Å². The Bertz CT molecular complexity index is 693. The van der Waals surface area contributed by atoms with Gasteiger partial charge in [0.25, 0.3) is 0 Å². The van der Waals surface area contributed by atoms with E-state index in [0.29, 0.717) is 6.04 Å². The van der Waals surface area contributed by atoms with Gasteiger partial charge >= 0.3 is 0 Å². The molecule has 4 rings (SSSR count). The normalized spacial score (nSPS) is 19.0. The zero-order chi connectivity index (χ0) is 17.2. The van der Waals surface area contributed by atoms with Crippen molar-refractivity contribution >= 4 is 17.6 Å². The zero-order valence-electron chi connectivity index (χ0n) is 14.8. The fourth-order valence-corrected chi connectivity index (χ4v) is 3.37. The molecule has 2 saturated heterocycles. The fraction of sp³-hybridized carbons (Fsp3) is 0.529. The Morgan fingerprint density at radius 2 is 1.64 bits per heavy atom. The number of anilines is 3. The van der Waals surface area contributed by atoms with Crippen molar-refractivity contribution in [1.82, 2.24) is 24.8 Å². The SMILES string of the molecule is CN(C)c1cc(N2CC(N3CCN(c4ncccn4)CC3)C2)ncn1. The van der Waals surface area contributed by atoms with Crippen molar-refractivity contribution in [2.24, 2.45) is 0 Å². The summed E-state index contributed by atoms with van der Waals surface area (Å²) in [5.41, 5.74) is 0. The summed E-state index contributed by atoms with van der Waals surface area (Å²) >= 11 is 0. The molecule has 8 nitrogen and oxygen atoms in total. The van der Waals surface area contributed by atoms with Crippen molar-refractivity contribution in [2.45, 2.75) is 6.04 Å². The van der Waals surface area contributed by atoms with Crippen LogP contribution in [0, 0.1) is 0 Å². The van der Waals surface area contributed by atoms with Crippen LogP contribution in [0.1, 0.15) is 0 Å². The molecular weight excluding hydrogens is 316 g/mol. The lowest BCUT2D eigenvalue weighted by Gasteiger charge is -2.48. The van der Waals surface area contributed by atoms with E-state index in [1.165, 1.54) is 0 Å². The van der Waals surface area contributed by atoms with Crippen LogP contribution in [0.4, 0.5) is 17.6 Å². The van der Waals surface area contributed by atoms with Crippen molar-refractivity contribution in [2.75, 3.05) is 68.1 Å². The van der Waals surface area contributed by atoms with Gasteiger partial charge in [-0.25, -0.2) is 19.9 Å². The van der Waals surface area contributed by atoms with Gasteiger partial charge in [0.15, 0.2) is 0 Å². The first-order valence-electron chi connectivity index (χ1n) is 8.71. The van der Waals surface area contributed by atoms with E-state index in [1.807, 2.05) is 37.5 Å². The quantitative estimate of drug-likeness (QED) is 0.790. The summed E-state index contributed by atoms with van der Waals surface area (Å²) in [4.78, 5) is 26.6. The van der Waals surface area contributed by atoms with Gasteiger partial charge in [-0.2, -0.15) is 0 Å². The van der Waals surface area contributed by atoms with Crippen molar-refractivity contribution in [3.8, 4) is 0 Å². The Morgan fingerprint density at radius 1 is 0.920 bits per heavy atom. The summed E-state index contributed by atoms with van der Waals surface area (Å²) in [5.74, 6) is 2.81. The highest BCUT2D eigenvalue weighted by atomic mass is 15.4. The number of hydrogen-bond donors (Lipinski definition) is 0. The molecule has 0 bridgehead atoms. The third kappa shape index (κ3) is 3.34. The van der Waals surface area contributed by atoms with Gasteiger partial charge in [0.05, 0.1) is 0 Å². The van der Waals surface area contributed by atoms with E-state index >= 15 is 0 Å². The van der Waals surface area contributed by atoms with Crippen LogP contribution in [0.25, 0.3) is 0 Å². The van der Waals surface area contributed by atoms with Crippen molar-refractivity contribution in [3.05, 3.63) is 30.9 Å². The Morgan fingerprint density at radius 3 is 2.32 bits per heavy atom. The van der Waals surface area contributed by atoms with Gasteiger partial charge < -0.3 is 14.7 Å². The van der Waals surface area contributed by atoms with Crippen LogP contribution >= 0.6 is 0 Å². The Labute approximate surface area is 148 Å². The highest BCUT2D eigenvalue weighted by Crippen LogP contribution is 2.24. The lowest BCUT2D eigenvalue weighted by molar-refractivity contribution is 0.156. The topological polar surface area (TPSA) is 64.5 Å². The lowest BCUT2D eigenvalue weighted by atomic mass is 10.1. The summed E-state index contributed by atoms with van der Waals surface area (Å²) in [5, 5.41) is 0. The highest BCUT2D eigenvalue weighted by molar-refractivity contribution is 5.51. The predicted octanol–water partition coefficient (Wildman–Crippen LogP) is 0.343. The molecule has 0 unspecified atom stereocenters. The van der Waals surface area contributed by atoms with E-state index in [4.69, 9.17) is 0 Å². The average Bonchev–Trinajstić information content (AvgIpc) is 2.62. The van der Waals surface area contributed by atoms with Gasteiger partial charge in [-0.3, -0.25) is 4.90 Å². The molecule has 8 heteroatoms. The van der Waals surface area contributed by atoms with Gasteiger partial charge in [-0.15, -0.1) is 0 Å². The summed E-state index contributed by atoms with van der Waals surface area (Å²) in [6.45, 7) is 6.15. The first-order chi connectivity index (χ1) is 12.2. The molecule has 2 aliphatic rings. The molecule has 132 valence electrons. The Balaban J connectivity index is 1.30. The molecule has 2 aliphatic heterocycles. The fourth-order valence-electron chi connectivity index (χ4n) is 3.37. The average molecular weight is 340 g/mol. The number of nitrogens with zero attached hydrogens (tertiary/aromatic N) is 8. The summed E-state index contributed by atoms with van der Waals surface area (Å²) in [6.07, 6.45) is 5.26. The van der Waals surface area contributed by atoms with Crippen LogP contribution in [0.5, 0.6) is 0 Å². The van der Waals surface area contributed by atoms with Crippen LogP contribution in [0.3, 0.4) is 0 Å². The lowest BCUT2D eigenvalue weighted by Crippen LogP contribution is -2.63. The van der Waals surface area contributed by atoms with Crippen molar-refractivity contribution < 1.29 is 0 Å². The first kappa shape index (κ1) is 16.0. The van der Waals surface area contributed by atoms with E-state index in [9.17, 15) is 0 Å².